The van der Waals surface area contributed by atoms with Crippen LogP contribution in [0, 0.1) is 0 Å². The van der Waals surface area contributed by atoms with Gasteiger partial charge in [0.25, 0.3) is 0 Å². The number of likely N-dealkylation sites (tertiary alicyclic amines) is 1. The van der Waals surface area contributed by atoms with Gasteiger partial charge in [-0.05, 0) is 24.1 Å². The molecule has 1 aromatic rings. The van der Waals surface area contributed by atoms with Crippen LogP contribution in [0.3, 0.4) is 0 Å². The highest BCUT2D eigenvalue weighted by Crippen LogP contribution is 2.31. The number of hydrogen-bond acceptors (Lipinski definition) is 4. The van der Waals surface area contributed by atoms with Crippen molar-refractivity contribution in [2.45, 2.75) is 38.4 Å². The Kier molecular flexibility index (Phi) is 5.16. The summed E-state index contributed by atoms with van der Waals surface area (Å²) in [5, 5.41) is 2.78. The average molecular weight is 332 g/mol. The predicted octanol–water partition coefficient (Wildman–Crippen LogP) is 1.94. The van der Waals surface area contributed by atoms with Crippen molar-refractivity contribution in [2.75, 3.05) is 31.6 Å². The first-order valence-electron chi connectivity index (χ1n) is 8.55. The van der Waals surface area contributed by atoms with E-state index in [1.165, 1.54) is 5.56 Å². The Morgan fingerprint density at radius 1 is 1.12 bits per heavy atom. The SMILES string of the molecule is CCc1ccc(NC(=O)CC(=O)N2CCC3(CC2)OCCO3)cc1. The molecular weight excluding hydrogens is 308 g/mol. The van der Waals surface area contributed by atoms with E-state index in [-0.39, 0.29) is 18.2 Å². The molecular formula is C18H24N2O4. The summed E-state index contributed by atoms with van der Waals surface area (Å²) >= 11 is 0. The predicted molar refractivity (Wildman–Crippen MR) is 89.5 cm³/mol. The third-order valence-electron chi connectivity index (χ3n) is 4.65. The van der Waals surface area contributed by atoms with Crippen molar-refractivity contribution in [1.82, 2.24) is 4.90 Å². The number of ether oxygens (including phenoxy) is 2. The van der Waals surface area contributed by atoms with Crippen LogP contribution in [-0.4, -0.2) is 48.8 Å². The zero-order valence-corrected chi connectivity index (χ0v) is 14.0. The van der Waals surface area contributed by atoms with E-state index < -0.39 is 5.79 Å². The summed E-state index contributed by atoms with van der Waals surface area (Å²) in [6, 6.07) is 7.67. The number of rotatable bonds is 4. The van der Waals surface area contributed by atoms with E-state index in [1.807, 2.05) is 24.3 Å². The highest BCUT2D eigenvalue weighted by atomic mass is 16.7. The van der Waals surface area contributed by atoms with Crippen molar-refractivity contribution in [3.8, 4) is 0 Å². The molecule has 6 heteroatoms. The Labute approximate surface area is 142 Å². The number of hydrogen-bond donors (Lipinski definition) is 1. The zero-order valence-electron chi connectivity index (χ0n) is 14.0. The fourth-order valence-electron chi connectivity index (χ4n) is 3.16. The summed E-state index contributed by atoms with van der Waals surface area (Å²) in [6.07, 6.45) is 2.15. The number of carbonyl (C=O) groups excluding carboxylic acids is 2. The highest BCUT2D eigenvalue weighted by Gasteiger charge is 2.40. The van der Waals surface area contributed by atoms with E-state index in [0.717, 1.165) is 12.1 Å². The van der Waals surface area contributed by atoms with Crippen LogP contribution in [0.15, 0.2) is 24.3 Å². The Morgan fingerprint density at radius 2 is 1.75 bits per heavy atom. The van der Waals surface area contributed by atoms with Crippen molar-refractivity contribution >= 4 is 17.5 Å². The Morgan fingerprint density at radius 3 is 2.33 bits per heavy atom. The van der Waals surface area contributed by atoms with Crippen LogP contribution in [0.25, 0.3) is 0 Å². The molecule has 0 aromatic heterocycles. The molecule has 1 N–H and O–H groups in total. The molecule has 2 amide bonds. The van der Waals surface area contributed by atoms with Gasteiger partial charge >= 0.3 is 0 Å². The molecule has 6 nitrogen and oxygen atoms in total. The second-order valence-electron chi connectivity index (χ2n) is 6.26. The van der Waals surface area contributed by atoms with Crippen LogP contribution in [0.2, 0.25) is 0 Å². The van der Waals surface area contributed by atoms with Crippen molar-refractivity contribution in [3.63, 3.8) is 0 Å². The molecule has 0 atom stereocenters. The lowest BCUT2D eigenvalue weighted by atomic mass is 10.0. The number of nitrogens with zero attached hydrogens (tertiary/aromatic N) is 1. The number of carbonyl (C=O) groups is 2. The van der Waals surface area contributed by atoms with E-state index in [2.05, 4.69) is 12.2 Å². The molecule has 2 aliphatic rings. The molecule has 0 bridgehead atoms. The molecule has 2 saturated heterocycles. The Balaban J connectivity index is 1.46. The van der Waals surface area contributed by atoms with Crippen molar-refractivity contribution in [2.24, 2.45) is 0 Å². The van der Waals surface area contributed by atoms with Crippen LogP contribution in [0.5, 0.6) is 0 Å². The first kappa shape index (κ1) is 16.9. The third kappa shape index (κ3) is 3.94. The van der Waals surface area contributed by atoms with Gasteiger partial charge in [0.1, 0.15) is 6.42 Å². The molecule has 2 heterocycles. The van der Waals surface area contributed by atoms with Crippen LogP contribution in [0.1, 0.15) is 31.7 Å². The van der Waals surface area contributed by atoms with E-state index >= 15 is 0 Å². The molecule has 1 aromatic carbocycles. The fraction of sp³-hybridized carbons (Fsp3) is 0.556. The van der Waals surface area contributed by atoms with Gasteiger partial charge in [0.2, 0.25) is 11.8 Å². The minimum atomic E-state index is -0.500. The van der Waals surface area contributed by atoms with Gasteiger partial charge in [-0.25, -0.2) is 0 Å². The molecule has 0 saturated carbocycles. The second-order valence-corrected chi connectivity index (χ2v) is 6.26. The van der Waals surface area contributed by atoms with Gasteiger partial charge in [0, 0.05) is 31.6 Å². The maximum absolute atomic E-state index is 12.3. The molecule has 0 unspecified atom stereocenters. The van der Waals surface area contributed by atoms with E-state index in [1.54, 1.807) is 4.90 Å². The van der Waals surface area contributed by atoms with Gasteiger partial charge in [-0.1, -0.05) is 19.1 Å². The molecule has 0 aliphatic carbocycles. The lowest BCUT2D eigenvalue weighted by molar-refractivity contribution is -0.187. The smallest absolute Gasteiger partial charge is 0.233 e. The number of aryl methyl sites for hydroxylation is 1. The van der Waals surface area contributed by atoms with Crippen LogP contribution in [0.4, 0.5) is 5.69 Å². The van der Waals surface area contributed by atoms with Gasteiger partial charge in [-0.15, -0.1) is 0 Å². The summed E-state index contributed by atoms with van der Waals surface area (Å²) in [7, 11) is 0. The summed E-state index contributed by atoms with van der Waals surface area (Å²) in [5.41, 5.74) is 1.93. The van der Waals surface area contributed by atoms with Crippen LogP contribution in [-0.2, 0) is 25.5 Å². The summed E-state index contributed by atoms with van der Waals surface area (Å²) in [6.45, 7) is 4.45. The van der Waals surface area contributed by atoms with Gasteiger partial charge in [-0.2, -0.15) is 0 Å². The standard InChI is InChI=1S/C18H24N2O4/c1-2-14-3-5-15(6-4-14)19-16(21)13-17(22)20-9-7-18(8-10-20)23-11-12-24-18/h3-6H,2,7-13H2,1H3,(H,19,21). The highest BCUT2D eigenvalue weighted by molar-refractivity contribution is 6.03. The monoisotopic (exact) mass is 332 g/mol. The van der Waals surface area contributed by atoms with E-state index in [0.29, 0.717) is 39.1 Å². The van der Waals surface area contributed by atoms with Crippen molar-refractivity contribution in [3.05, 3.63) is 29.8 Å². The van der Waals surface area contributed by atoms with Gasteiger partial charge < -0.3 is 19.7 Å². The maximum Gasteiger partial charge on any atom is 0.233 e. The van der Waals surface area contributed by atoms with E-state index in [4.69, 9.17) is 9.47 Å². The third-order valence-corrected chi connectivity index (χ3v) is 4.65. The normalized spacial score (nSPS) is 19.5. The Hall–Kier alpha value is -1.92. The first-order valence-corrected chi connectivity index (χ1v) is 8.55. The average Bonchev–Trinajstić information content (AvgIpc) is 3.04. The topological polar surface area (TPSA) is 67.9 Å². The quantitative estimate of drug-likeness (QED) is 0.856. The van der Waals surface area contributed by atoms with Crippen LogP contribution < -0.4 is 5.32 Å². The molecule has 1 spiro atoms. The first-order chi connectivity index (χ1) is 11.6. The molecule has 130 valence electrons. The van der Waals surface area contributed by atoms with Gasteiger partial charge in [0.15, 0.2) is 5.79 Å². The Bertz CT molecular complexity index is 584. The summed E-state index contributed by atoms with van der Waals surface area (Å²) < 4.78 is 11.3. The zero-order chi connectivity index (χ0) is 17.0. The maximum atomic E-state index is 12.3. The molecule has 24 heavy (non-hydrogen) atoms. The second kappa shape index (κ2) is 7.32. The lowest BCUT2D eigenvalue weighted by Gasteiger charge is -2.37. The minimum Gasteiger partial charge on any atom is -0.347 e. The lowest BCUT2D eigenvalue weighted by Crippen LogP contribution is -2.47. The number of benzene rings is 1. The molecule has 0 radical (unpaired) electrons. The summed E-state index contributed by atoms with van der Waals surface area (Å²) in [4.78, 5) is 26.1. The van der Waals surface area contributed by atoms with Crippen molar-refractivity contribution in [1.29, 1.82) is 0 Å². The van der Waals surface area contributed by atoms with Gasteiger partial charge in [-0.3, -0.25) is 9.59 Å². The fourth-order valence-corrected chi connectivity index (χ4v) is 3.16. The molecule has 3 rings (SSSR count). The number of nitrogens with one attached hydrogen (secondary N) is 1. The largest absolute Gasteiger partial charge is 0.347 e. The van der Waals surface area contributed by atoms with E-state index in [9.17, 15) is 9.59 Å². The minimum absolute atomic E-state index is 0.135. The summed E-state index contributed by atoms with van der Waals surface area (Å²) in [5.74, 6) is -0.927. The number of anilines is 1. The van der Waals surface area contributed by atoms with Gasteiger partial charge in [0.05, 0.1) is 13.2 Å². The molecule has 2 fully saturated rings. The number of amides is 2. The van der Waals surface area contributed by atoms with Crippen LogP contribution >= 0.6 is 0 Å². The van der Waals surface area contributed by atoms with Crippen molar-refractivity contribution < 1.29 is 19.1 Å². The number of piperidine rings is 1. The molecule has 2 aliphatic heterocycles.